The van der Waals surface area contributed by atoms with Gasteiger partial charge < -0.3 is 0 Å². The fourth-order valence-corrected chi connectivity index (χ4v) is 5.39. The number of halogens is 3. The average molecular weight is 520 g/mol. The summed E-state index contributed by atoms with van der Waals surface area (Å²) in [6, 6.07) is 6.78. The van der Waals surface area contributed by atoms with E-state index in [2.05, 4.69) is 47.8 Å². The molecule has 2 rings (SSSR count). The summed E-state index contributed by atoms with van der Waals surface area (Å²) in [5.41, 5.74) is 0.798. The largest absolute Gasteiger partial charge is 0.296 e. The zero-order valence-corrected chi connectivity index (χ0v) is 17.4. The Balaban J connectivity index is 2.34. The van der Waals surface area contributed by atoms with Gasteiger partial charge in [0.1, 0.15) is 6.10 Å². The Morgan fingerprint density at radius 2 is 1.82 bits per heavy atom. The highest BCUT2D eigenvalue weighted by Crippen LogP contribution is 2.44. The first-order chi connectivity index (χ1) is 10.3. The van der Waals surface area contributed by atoms with Gasteiger partial charge in [-0.3, -0.25) is 4.84 Å². The van der Waals surface area contributed by atoms with Crippen LogP contribution in [0.2, 0.25) is 0 Å². The molecule has 0 heterocycles. The molecule has 4 nitrogen and oxygen atoms in total. The van der Waals surface area contributed by atoms with Crippen LogP contribution in [0.3, 0.4) is 0 Å². The van der Waals surface area contributed by atoms with Gasteiger partial charge in [-0.2, -0.15) is 0 Å². The lowest BCUT2D eigenvalue weighted by molar-refractivity contribution is -0.00288. The molecule has 8 heteroatoms. The molecule has 0 spiro atoms. The van der Waals surface area contributed by atoms with E-state index in [1.165, 1.54) is 6.42 Å². The van der Waals surface area contributed by atoms with E-state index in [9.17, 15) is 8.42 Å². The van der Waals surface area contributed by atoms with Crippen molar-refractivity contribution in [2.24, 2.45) is 11.8 Å². The van der Waals surface area contributed by atoms with Crippen LogP contribution < -0.4 is 5.90 Å². The molecule has 1 aromatic rings. The molecule has 0 aliphatic heterocycles. The molecule has 1 aliphatic carbocycles. The molecule has 1 fully saturated rings. The second-order valence-electron chi connectivity index (χ2n) is 5.48. The minimum absolute atomic E-state index is 0.202. The number of benzene rings is 1. The van der Waals surface area contributed by atoms with Gasteiger partial charge in [0.2, 0.25) is 11.3 Å². The number of hydrogen-bond acceptors (Lipinski definition) is 4. The molecule has 1 unspecified atom stereocenters. The Morgan fingerprint density at radius 3 is 2.36 bits per heavy atom. The van der Waals surface area contributed by atoms with E-state index in [1.807, 2.05) is 6.07 Å². The summed E-state index contributed by atoms with van der Waals surface area (Å²) in [6.07, 6.45) is 5.40. The van der Waals surface area contributed by atoms with Gasteiger partial charge in [0.15, 0.2) is 0 Å². The maximum Gasteiger partial charge on any atom is 0.239 e. The zero-order chi connectivity index (χ0) is 16.4. The Morgan fingerprint density at radius 1 is 1.18 bits per heavy atom. The van der Waals surface area contributed by atoms with E-state index in [-0.39, 0.29) is 11.0 Å². The van der Waals surface area contributed by atoms with Crippen LogP contribution in [0.15, 0.2) is 29.2 Å². The van der Waals surface area contributed by atoms with Crippen LogP contribution in [0.4, 0.5) is 0 Å². The van der Waals surface area contributed by atoms with E-state index < -0.39 is 11.3 Å². The highest BCUT2D eigenvalue weighted by Gasteiger charge is 2.38. The quantitative estimate of drug-likeness (QED) is 0.459. The fourth-order valence-electron chi connectivity index (χ4n) is 2.89. The Kier molecular flexibility index (Phi) is 6.53. The molecule has 1 aliphatic rings. The van der Waals surface area contributed by atoms with Gasteiger partial charge >= 0.3 is 0 Å². The van der Waals surface area contributed by atoms with Crippen LogP contribution in [-0.2, 0) is 14.7 Å². The maximum atomic E-state index is 12.5. The lowest BCUT2D eigenvalue weighted by atomic mass is 9.83. The summed E-state index contributed by atoms with van der Waals surface area (Å²) in [4.78, 5) is 5.40. The summed E-state index contributed by atoms with van der Waals surface area (Å²) in [7, 11) is -3.62. The van der Waals surface area contributed by atoms with Gasteiger partial charge in [0.25, 0.3) is 0 Å². The van der Waals surface area contributed by atoms with E-state index in [0.29, 0.717) is 5.92 Å². The minimum atomic E-state index is -3.62. The van der Waals surface area contributed by atoms with Crippen molar-refractivity contribution in [1.82, 2.24) is 0 Å². The molecule has 22 heavy (non-hydrogen) atoms. The van der Waals surface area contributed by atoms with Crippen molar-refractivity contribution in [1.29, 1.82) is 0 Å². The first-order valence-corrected chi connectivity index (χ1v) is 10.9. The molecule has 0 bridgehead atoms. The highest BCUT2D eigenvalue weighted by atomic mass is 80.0. The van der Waals surface area contributed by atoms with Crippen molar-refractivity contribution in [3.05, 3.63) is 29.8 Å². The third-order valence-corrected chi connectivity index (χ3v) is 9.35. The first-order valence-electron chi connectivity index (χ1n) is 7.04. The van der Waals surface area contributed by atoms with Gasteiger partial charge in [-0.25, -0.2) is 14.3 Å². The number of sulfone groups is 1. The van der Waals surface area contributed by atoms with Crippen molar-refractivity contribution in [3.63, 3.8) is 0 Å². The van der Waals surface area contributed by atoms with Crippen LogP contribution >= 0.6 is 47.8 Å². The van der Waals surface area contributed by atoms with Crippen LogP contribution in [0.1, 0.15) is 43.8 Å². The lowest BCUT2D eigenvalue weighted by Crippen LogP contribution is -2.23. The molecule has 0 amide bonds. The van der Waals surface area contributed by atoms with Crippen LogP contribution in [0.5, 0.6) is 0 Å². The first kappa shape index (κ1) is 18.9. The second-order valence-corrected chi connectivity index (χ2v) is 15.9. The monoisotopic (exact) mass is 517 g/mol. The molecule has 0 saturated heterocycles. The SMILES string of the molecule is NOC(c1cccc(S(=O)(=O)C(Br)(Br)Br)c1)C1CCCCC1. The molecule has 1 aromatic carbocycles. The smallest absolute Gasteiger partial charge is 0.239 e. The predicted molar refractivity (Wildman–Crippen MR) is 97.7 cm³/mol. The van der Waals surface area contributed by atoms with Crippen LogP contribution in [0, 0.1) is 5.92 Å². The summed E-state index contributed by atoms with van der Waals surface area (Å²) >= 11 is 9.24. The van der Waals surface area contributed by atoms with E-state index in [0.717, 1.165) is 31.2 Å². The summed E-state index contributed by atoms with van der Waals surface area (Å²) in [5, 5.41) is 0. The highest BCUT2D eigenvalue weighted by molar-refractivity contribution is 9.42. The maximum absolute atomic E-state index is 12.5. The number of rotatable bonds is 4. The second kappa shape index (κ2) is 7.61. The Bertz CT molecular complexity index is 610. The number of hydrogen-bond donors (Lipinski definition) is 1. The number of nitrogens with two attached hydrogens (primary N) is 1. The average Bonchev–Trinajstić information content (AvgIpc) is 2.48. The molecular formula is C14H18Br3NO3S. The molecule has 0 aromatic heterocycles. The molecule has 0 radical (unpaired) electrons. The fraction of sp³-hybridized carbons (Fsp3) is 0.571. The van der Waals surface area contributed by atoms with Gasteiger partial charge in [0, 0.05) is 0 Å². The molecule has 2 N–H and O–H groups in total. The van der Waals surface area contributed by atoms with Crippen molar-refractivity contribution in [2.45, 2.75) is 44.6 Å². The minimum Gasteiger partial charge on any atom is -0.296 e. The van der Waals surface area contributed by atoms with E-state index >= 15 is 0 Å². The van der Waals surface area contributed by atoms with Gasteiger partial charge in [-0.05, 0) is 84.2 Å². The molecule has 1 atom stereocenters. The van der Waals surface area contributed by atoms with Crippen molar-refractivity contribution >= 4 is 57.6 Å². The molecular weight excluding hydrogens is 502 g/mol. The molecule has 124 valence electrons. The Labute approximate surface area is 156 Å². The summed E-state index contributed by atoms with van der Waals surface area (Å²) < 4.78 is 23.6. The van der Waals surface area contributed by atoms with Crippen molar-refractivity contribution < 1.29 is 13.3 Å². The third kappa shape index (κ3) is 4.13. The third-order valence-electron chi connectivity index (χ3n) is 4.03. The molecule has 1 saturated carbocycles. The lowest BCUT2D eigenvalue weighted by Gasteiger charge is -2.29. The van der Waals surface area contributed by atoms with E-state index in [4.69, 9.17) is 10.7 Å². The number of alkyl halides is 3. The zero-order valence-electron chi connectivity index (χ0n) is 11.8. The van der Waals surface area contributed by atoms with Crippen LogP contribution in [-0.4, -0.2) is 9.89 Å². The normalized spacial score (nSPS) is 19.1. The van der Waals surface area contributed by atoms with Gasteiger partial charge in [-0.1, -0.05) is 31.4 Å². The topological polar surface area (TPSA) is 69.4 Å². The van der Waals surface area contributed by atoms with Crippen molar-refractivity contribution in [2.75, 3.05) is 0 Å². The van der Waals surface area contributed by atoms with Gasteiger partial charge in [0.05, 0.1) is 4.90 Å². The standard InChI is InChI=1S/C14H18Br3NO3S/c15-14(16,17)22(19,20)12-8-4-7-11(9-12)13(21-18)10-5-2-1-3-6-10/h4,7-10,13H,1-3,5-6,18H2. The Hall–Kier alpha value is 0.530. The predicted octanol–water partition coefficient (Wildman–Crippen LogP) is 4.77. The summed E-state index contributed by atoms with van der Waals surface area (Å²) in [5.74, 6) is 5.84. The van der Waals surface area contributed by atoms with Gasteiger partial charge in [-0.15, -0.1) is 0 Å². The van der Waals surface area contributed by atoms with E-state index in [1.54, 1.807) is 18.2 Å². The van der Waals surface area contributed by atoms with Crippen molar-refractivity contribution in [3.8, 4) is 0 Å². The van der Waals surface area contributed by atoms with Crippen LogP contribution in [0.25, 0.3) is 0 Å². The summed E-state index contributed by atoms with van der Waals surface area (Å²) in [6.45, 7) is 0.